The molecule has 0 bridgehead atoms. The van der Waals surface area contributed by atoms with Crippen LogP contribution in [-0.2, 0) is 6.54 Å². The number of benzene rings is 1. The van der Waals surface area contributed by atoms with Crippen LogP contribution < -0.4 is 5.32 Å². The highest BCUT2D eigenvalue weighted by atomic mass is 16.3. The number of amides is 1. The Bertz CT molecular complexity index is 969. The molecule has 0 fully saturated rings. The molecule has 0 aliphatic carbocycles. The van der Waals surface area contributed by atoms with Crippen LogP contribution in [0.25, 0.3) is 22.2 Å². The smallest absolute Gasteiger partial charge is 0.251 e. The molecule has 5 nitrogen and oxygen atoms in total. The van der Waals surface area contributed by atoms with Crippen molar-refractivity contribution < 1.29 is 9.21 Å². The number of carbonyl (C=O) groups is 1. The SMILES string of the molecule is O=C(NCc1ccc(-c2ccoc2)nc1)c1ccc2[nH]ccc2c1. The van der Waals surface area contributed by atoms with Gasteiger partial charge in [-0.05, 0) is 42.0 Å². The molecule has 0 atom stereocenters. The molecule has 0 aliphatic heterocycles. The third-order valence-corrected chi connectivity index (χ3v) is 3.91. The zero-order valence-corrected chi connectivity index (χ0v) is 12.8. The highest BCUT2D eigenvalue weighted by molar-refractivity contribution is 5.98. The third kappa shape index (κ3) is 2.79. The molecule has 0 aliphatic rings. The summed E-state index contributed by atoms with van der Waals surface area (Å²) in [7, 11) is 0. The Hall–Kier alpha value is -3.34. The van der Waals surface area contributed by atoms with E-state index < -0.39 is 0 Å². The van der Waals surface area contributed by atoms with Crippen molar-refractivity contribution in [3.05, 3.63) is 78.5 Å². The lowest BCUT2D eigenvalue weighted by atomic mass is 10.1. The van der Waals surface area contributed by atoms with Crippen molar-refractivity contribution >= 4 is 16.8 Å². The second kappa shape index (κ2) is 6.04. The second-order valence-corrected chi connectivity index (χ2v) is 5.53. The van der Waals surface area contributed by atoms with Crippen LogP contribution in [0.4, 0.5) is 0 Å². The molecule has 0 saturated carbocycles. The van der Waals surface area contributed by atoms with Crippen molar-refractivity contribution in [3.63, 3.8) is 0 Å². The summed E-state index contributed by atoms with van der Waals surface area (Å²) in [5, 5.41) is 3.94. The maximum atomic E-state index is 12.3. The molecular formula is C19H15N3O2. The fourth-order valence-electron chi connectivity index (χ4n) is 2.59. The van der Waals surface area contributed by atoms with E-state index in [1.165, 1.54) is 0 Å². The minimum atomic E-state index is -0.1000. The summed E-state index contributed by atoms with van der Waals surface area (Å²) in [6.07, 6.45) is 6.89. The van der Waals surface area contributed by atoms with Crippen molar-refractivity contribution in [2.75, 3.05) is 0 Å². The number of hydrogen-bond acceptors (Lipinski definition) is 3. The van der Waals surface area contributed by atoms with Crippen LogP contribution in [0.5, 0.6) is 0 Å². The van der Waals surface area contributed by atoms with E-state index in [9.17, 15) is 4.79 Å². The van der Waals surface area contributed by atoms with Crippen molar-refractivity contribution in [1.29, 1.82) is 0 Å². The monoisotopic (exact) mass is 317 g/mol. The summed E-state index contributed by atoms with van der Waals surface area (Å²) in [6, 6.07) is 13.3. The van der Waals surface area contributed by atoms with E-state index in [1.807, 2.05) is 48.7 Å². The van der Waals surface area contributed by atoms with Gasteiger partial charge in [0.1, 0.15) is 0 Å². The maximum absolute atomic E-state index is 12.3. The molecule has 4 aromatic rings. The van der Waals surface area contributed by atoms with E-state index in [1.54, 1.807) is 18.7 Å². The Morgan fingerprint density at radius 1 is 1.17 bits per heavy atom. The van der Waals surface area contributed by atoms with Gasteiger partial charge in [-0.1, -0.05) is 6.07 Å². The van der Waals surface area contributed by atoms with Gasteiger partial charge in [0.15, 0.2) is 0 Å². The van der Waals surface area contributed by atoms with E-state index in [-0.39, 0.29) is 5.91 Å². The molecule has 3 heterocycles. The Morgan fingerprint density at radius 3 is 2.92 bits per heavy atom. The Morgan fingerprint density at radius 2 is 2.12 bits per heavy atom. The van der Waals surface area contributed by atoms with E-state index in [2.05, 4.69) is 15.3 Å². The third-order valence-electron chi connectivity index (χ3n) is 3.91. The summed E-state index contributed by atoms with van der Waals surface area (Å²) < 4.78 is 5.05. The van der Waals surface area contributed by atoms with Crippen molar-refractivity contribution in [2.24, 2.45) is 0 Å². The van der Waals surface area contributed by atoms with Gasteiger partial charge < -0.3 is 14.7 Å². The van der Waals surface area contributed by atoms with E-state index >= 15 is 0 Å². The molecule has 0 unspecified atom stereocenters. The fourth-order valence-corrected chi connectivity index (χ4v) is 2.59. The number of fused-ring (bicyclic) bond motifs is 1. The van der Waals surface area contributed by atoms with Crippen LogP contribution in [0.2, 0.25) is 0 Å². The number of nitrogens with one attached hydrogen (secondary N) is 2. The number of furan rings is 1. The molecule has 0 saturated heterocycles. The molecule has 0 spiro atoms. The minimum Gasteiger partial charge on any atom is -0.472 e. The van der Waals surface area contributed by atoms with Gasteiger partial charge in [-0.3, -0.25) is 9.78 Å². The summed E-state index contributed by atoms with van der Waals surface area (Å²) in [6.45, 7) is 0.433. The number of hydrogen-bond donors (Lipinski definition) is 2. The van der Waals surface area contributed by atoms with Crippen molar-refractivity contribution in [2.45, 2.75) is 6.54 Å². The van der Waals surface area contributed by atoms with Gasteiger partial charge in [0.05, 0.1) is 18.2 Å². The molecule has 4 rings (SSSR count). The van der Waals surface area contributed by atoms with Gasteiger partial charge in [0.2, 0.25) is 0 Å². The molecule has 5 heteroatoms. The molecule has 118 valence electrons. The summed E-state index contributed by atoms with van der Waals surface area (Å²) in [5.41, 5.74) is 4.39. The van der Waals surface area contributed by atoms with Crippen LogP contribution in [0.15, 0.2) is 71.8 Å². The highest BCUT2D eigenvalue weighted by Crippen LogP contribution is 2.17. The number of carbonyl (C=O) groups excluding carboxylic acids is 1. The molecule has 1 aromatic carbocycles. The van der Waals surface area contributed by atoms with Crippen LogP contribution in [-0.4, -0.2) is 15.9 Å². The molecule has 2 N–H and O–H groups in total. The molecule has 3 aromatic heterocycles. The number of aromatic amines is 1. The van der Waals surface area contributed by atoms with Gasteiger partial charge in [-0.2, -0.15) is 0 Å². The number of H-pyrrole nitrogens is 1. The average molecular weight is 317 g/mol. The van der Waals surface area contributed by atoms with Gasteiger partial charge in [0.25, 0.3) is 5.91 Å². The molecular weight excluding hydrogens is 302 g/mol. The van der Waals surface area contributed by atoms with Crippen LogP contribution in [0, 0.1) is 0 Å². The number of rotatable bonds is 4. The Labute approximate surface area is 138 Å². The van der Waals surface area contributed by atoms with E-state index in [0.29, 0.717) is 12.1 Å². The predicted molar refractivity (Wildman–Crippen MR) is 91.4 cm³/mol. The molecule has 0 radical (unpaired) electrons. The van der Waals surface area contributed by atoms with Gasteiger partial charge >= 0.3 is 0 Å². The first-order chi connectivity index (χ1) is 11.8. The first-order valence-electron chi connectivity index (χ1n) is 7.62. The number of nitrogens with zero attached hydrogens (tertiary/aromatic N) is 1. The standard InChI is InChI=1S/C19H15N3O2/c23-19(15-2-4-17-14(9-15)5-7-20-17)22-11-13-1-3-18(21-10-13)16-6-8-24-12-16/h1-10,12,20H,11H2,(H,22,23). The first-order valence-corrected chi connectivity index (χ1v) is 7.62. The predicted octanol–water partition coefficient (Wildman–Crippen LogP) is 3.75. The van der Waals surface area contributed by atoms with Crippen LogP contribution >= 0.6 is 0 Å². The lowest BCUT2D eigenvalue weighted by Crippen LogP contribution is -2.22. The van der Waals surface area contributed by atoms with Crippen LogP contribution in [0.1, 0.15) is 15.9 Å². The van der Waals surface area contributed by atoms with Gasteiger partial charge in [0, 0.05) is 41.0 Å². The zero-order chi connectivity index (χ0) is 16.4. The van der Waals surface area contributed by atoms with E-state index in [4.69, 9.17) is 4.42 Å². The van der Waals surface area contributed by atoms with Crippen molar-refractivity contribution in [1.82, 2.24) is 15.3 Å². The Kier molecular flexibility index (Phi) is 3.59. The minimum absolute atomic E-state index is 0.1000. The second-order valence-electron chi connectivity index (χ2n) is 5.53. The molecule has 24 heavy (non-hydrogen) atoms. The topological polar surface area (TPSA) is 70.9 Å². The normalized spacial score (nSPS) is 10.8. The molecule has 1 amide bonds. The quantitative estimate of drug-likeness (QED) is 0.602. The first kappa shape index (κ1) is 14.3. The van der Waals surface area contributed by atoms with Gasteiger partial charge in [-0.15, -0.1) is 0 Å². The van der Waals surface area contributed by atoms with Gasteiger partial charge in [-0.25, -0.2) is 0 Å². The van der Waals surface area contributed by atoms with Crippen LogP contribution in [0.3, 0.4) is 0 Å². The lowest BCUT2D eigenvalue weighted by molar-refractivity contribution is 0.0951. The average Bonchev–Trinajstić information content (AvgIpc) is 3.30. The lowest BCUT2D eigenvalue weighted by Gasteiger charge is -2.06. The number of pyridine rings is 1. The Balaban J connectivity index is 1.43. The zero-order valence-electron chi connectivity index (χ0n) is 12.8. The largest absolute Gasteiger partial charge is 0.472 e. The van der Waals surface area contributed by atoms with E-state index in [0.717, 1.165) is 27.7 Å². The summed E-state index contributed by atoms with van der Waals surface area (Å²) in [4.78, 5) is 19.8. The fraction of sp³-hybridized carbons (Fsp3) is 0.0526. The number of aromatic nitrogens is 2. The summed E-state index contributed by atoms with van der Waals surface area (Å²) in [5.74, 6) is -0.1000. The summed E-state index contributed by atoms with van der Waals surface area (Å²) >= 11 is 0. The van der Waals surface area contributed by atoms with Crippen molar-refractivity contribution in [3.8, 4) is 11.3 Å². The highest BCUT2D eigenvalue weighted by Gasteiger charge is 2.07. The maximum Gasteiger partial charge on any atom is 0.251 e.